The fourth-order valence-corrected chi connectivity index (χ4v) is 8.32. The maximum absolute atomic E-state index is 9.69. The van der Waals surface area contributed by atoms with Crippen molar-refractivity contribution < 1.29 is 4.74 Å². The van der Waals surface area contributed by atoms with Gasteiger partial charge in [0.1, 0.15) is 0 Å². The Morgan fingerprint density at radius 3 is 2.42 bits per heavy atom. The van der Waals surface area contributed by atoms with E-state index in [1.165, 1.54) is 57.8 Å². The van der Waals surface area contributed by atoms with Crippen molar-refractivity contribution in [1.82, 2.24) is 0 Å². The molecule has 0 aromatic rings. The number of nitrogens with zero attached hydrogens (tertiary/aromatic N) is 1. The number of rotatable bonds is 2. The van der Waals surface area contributed by atoms with E-state index in [0.29, 0.717) is 29.0 Å². The lowest BCUT2D eigenvalue weighted by atomic mass is 9.44. The molecule has 5 rings (SSSR count). The van der Waals surface area contributed by atoms with Gasteiger partial charge in [-0.05, 0) is 105 Å². The highest BCUT2D eigenvalue weighted by Gasteiger charge is 2.61. The lowest BCUT2D eigenvalue weighted by Gasteiger charge is -2.61. The molecule has 5 aliphatic carbocycles. The Balaban J connectivity index is 1.40. The summed E-state index contributed by atoms with van der Waals surface area (Å²) >= 11 is 0. The van der Waals surface area contributed by atoms with Crippen LogP contribution in [0.2, 0.25) is 0 Å². The van der Waals surface area contributed by atoms with Crippen LogP contribution in [0.25, 0.3) is 0 Å². The van der Waals surface area contributed by atoms with Gasteiger partial charge in [0, 0.05) is 0 Å². The predicted molar refractivity (Wildman–Crippen MR) is 103 cm³/mol. The second kappa shape index (κ2) is 5.97. The second-order valence-electron chi connectivity index (χ2n) is 11.3. The summed E-state index contributed by atoms with van der Waals surface area (Å²) in [6, 6.07) is 2.69. The Morgan fingerprint density at radius 2 is 1.69 bits per heavy atom. The van der Waals surface area contributed by atoms with Crippen molar-refractivity contribution >= 4 is 0 Å². The average molecular weight is 356 g/mol. The van der Waals surface area contributed by atoms with E-state index < -0.39 is 0 Å². The summed E-state index contributed by atoms with van der Waals surface area (Å²) in [7, 11) is 0. The molecule has 2 nitrogen and oxygen atoms in total. The topological polar surface area (TPSA) is 33.0 Å². The van der Waals surface area contributed by atoms with Gasteiger partial charge in [-0.3, -0.25) is 0 Å². The van der Waals surface area contributed by atoms with Crippen LogP contribution in [0.1, 0.15) is 85.0 Å². The van der Waals surface area contributed by atoms with Crippen LogP contribution in [-0.4, -0.2) is 12.2 Å². The first-order valence-corrected chi connectivity index (χ1v) is 11.5. The quantitative estimate of drug-likeness (QED) is 0.612. The van der Waals surface area contributed by atoms with Crippen LogP contribution < -0.4 is 0 Å². The Hall–Kier alpha value is -0.550. The van der Waals surface area contributed by atoms with Crippen molar-refractivity contribution in [1.29, 1.82) is 5.26 Å². The Bertz CT molecular complexity index is 606. The molecule has 0 heterocycles. The van der Waals surface area contributed by atoms with Crippen LogP contribution >= 0.6 is 0 Å². The van der Waals surface area contributed by atoms with E-state index in [0.717, 1.165) is 36.0 Å². The van der Waals surface area contributed by atoms with E-state index in [4.69, 9.17) is 4.74 Å². The molecule has 0 N–H and O–H groups in total. The molecule has 0 bridgehead atoms. The van der Waals surface area contributed by atoms with Crippen molar-refractivity contribution in [3.63, 3.8) is 0 Å². The van der Waals surface area contributed by atoms with Gasteiger partial charge in [0.25, 0.3) is 0 Å². The third-order valence-electron chi connectivity index (χ3n) is 10.0. The van der Waals surface area contributed by atoms with Crippen molar-refractivity contribution in [2.75, 3.05) is 0 Å². The van der Waals surface area contributed by atoms with Gasteiger partial charge < -0.3 is 4.74 Å². The van der Waals surface area contributed by atoms with E-state index in [2.05, 4.69) is 26.8 Å². The lowest BCUT2D eigenvalue weighted by molar-refractivity contribution is -0.154. The highest BCUT2D eigenvalue weighted by atomic mass is 16.5. The molecule has 5 saturated carbocycles. The third-order valence-corrected chi connectivity index (χ3v) is 10.0. The maximum atomic E-state index is 9.69. The standard InChI is InChI=1S/C24H37NO/c1-15-12-16-4-8-19-20-9-5-17(14-25)23(20,2)11-10-21(19)24(16,3)13-22(15)26-18-6-7-18/h15-22H,4-13H2,1-3H3/t15-,16-,17+,19-,20-,21-,22-,23+,24-/m0/s1. The molecule has 5 fully saturated rings. The molecule has 0 amide bonds. The summed E-state index contributed by atoms with van der Waals surface area (Å²) < 4.78 is 6.51. The predicted octanol–water partition coefficient (Wildman–Crippen LogP) is 5.96. The zero-order valence-electron chi connectivity index (χ0n) is 17.0. The van der Waals surface area contributed by atoms with Crippen LogP contribution in [0.15, 0.2) is 0 Å². The number of nitriles is 1. The van der Waals surface area contributed by atoms with Gasteiger partial charge in [-0.1, -0.05) is 20.8 Å². The molecule has 9 atom stereocenters. The molecule has 0 unspecified atom stereocenters. The highest BCUT2D eigenvalue weighted by molar-refractivity contribution is 5.13. The zero-order chi connectivity index (χ0) is 18.1. The largest absolute Gasteiger partial charge is 0.375 e. The van der Waals surface area contributed by atoms with E-state index in [-0.39, 0.29) is 0 Å². The fraction of sp³-hybridized carbons (Fsp3) is 0.958. The first-order chi connectivity index (χ1) is 12.5. The Kier molecular flexibility index (Phi) is 4.03. The van der Waals surface area contributed by atoms with Crippen molar-refractivity contribution in [2.24, 2.45) is 46.3 Å². The van der Waals surface area contributed by atoms with Gasteiger partial charge in [0.2, 0.25) is 0 Å². The molecule has 0 aromatic carbocycles. The van der Waals surface area contributed by atoms with Gasteiger partial charge >= 0.3 is 0 Å². The molecular weight excluding hydrogens is 318 g/mol. The van der Waals surface area contributed by atoms with Gasteiger partial charge in [-0.25, -0.2) is 0 Å². The lowest BCUT2D eigenvalue weighted by Crippen LogP contribution is -2.55. The third kappa shape index (κ3) is 2.45. The monoisotopic (exact) mass is 355 g/mol. The maximum Gasteiger partial charge on any atom is 0.0661 e. The van der Waals surface area contributed by atoms with Crippen LogP contribution in [0.4, 0.5) is 0 Å². The summed E-state index contributed by atoms with van der Waals surface area (Å²) in [6.45, 7) is 7.55. The molecule has 5 aliphatic rings. The molecule has 0 saturated heterocycles. The zero-order valence-corrected chi connectivity index (χ0v) is 17.0. The number of ether oxygens (including phenoxy) is 1. The van der Waals surface area contributed by atoms with E-state index in [1.807, 2.05) is 0 Å². The van der Waals surface area contributed by atoms with Gasteiger partial charge in [0.05, 0.1) is 24.2 Å². The minimum atomic E-state index is 0.311. The molecule has 2 heteroatoms. The minimum Gasteiger partial charge on any atom is -0.375 e. The smallest absolute Gasteiger partial charge is 0.0661 e. The minimum absolute atomic E-state index is 0.311. The summed E-state index contributed by atoms with van der Waals surface area (Å²) in [4.78, 5) is 0. The molecule has 144 valence electrons. The van der Waals surface area contributed by atoms with E-state index in [9.17, 15) is 5.26 Å². The molecule has 0 radical (unpaired) electrons. The fourth-order valence-electron chi connectivity index (χ4n) is 8.32. The SMILES string of the molecule is C[C@H]1C[C@@H]2CC[C@@H]3[C@H](CC[C@]4(C)[C@@H](C#N)CC[C@@H]34)[C@@]2(C)C[C@@H]1OC1CC1. The normalized spacial score (nSPS) is 56.2. The van der Waals surface area contributed by atoms with E-state index in [1.54, 1.807) is 0 Å². The average Bonchev–Trinajstić information content (AvgIpc) is 3.35. The molecule has 0 aromatic heterocycles. The van der Waals surface area contributed by atoms with Crippen LogP contribution in [0.5, 0.6) is 0 Å². The first-order valence-electron chi connectivity index (χ1n) is 11.5. The van der Waals surface area contributed by atoms with Crippen LogP contribution in [-0.2, 0) is 4.74 Å². The van der Waals surface area contributed by atoms with Crippen molar-refractivity contribution in [3.8, 4) is 6.07 Å². The molecule has 26 heavy (non-hydrogen) atoms. The van der Waals surface area contributed by atoms with Crippen LogP contribution in [0, 0.1) is 57.7 Å². The van der Waals surface area contributed by atoms with Gasteiger partial charge in [-0.15, -0.1) is 0 Å². The number of hydrogen-bond acceptors (Lipinski definition) is 2. The van der Waals surface area contributed by atoms with E-state index >= 15 is 0 Å². The summed E-state index contributed by atoms with van der Waals surface area (Å²) in [6.07, 6.45) is 14.4. The Labute approximate surface area is 160 Å². The molecule has 0 spiro atoms. The van der Waals surface area contributed by atoms with Crippen molar-refractivity contribution in [3.05, 3.63) is 0 Å². The molecular formula is C24H37NO. The Morgan fingerprint density at radius 1 is 0.923 bits per heavy atom. The van der Waals surface area contributed by atoms with Crippen molar-refractivity contribution in [2.45, 2.75) is 97.2 Å². The van der Waals surface area contributed by atoms with Gasteiger partial charge in [-0.2, -0.15) is 5.26 Å². The number of fused-ring (bicyclic) bond motifs is 5. The van der Waals surface area contributed by atoms with Crippen LogP contribution in [0.3, 0.4) is 0 Å². The summed E-state index contributed by atoms with van der Waals surface area (Å²) in [5.74, 6) is 4.55. The summed E-state index contributed by atoms with van der Waals surface area (Å²) in [5, 5.41) is 9.69. The highest BCUT2D eigenvalue weighted by Crippen LogP contribution is 2.67. The summed E-state index contributed by atoms with van der Waals surface area (Å²) in [5.41, 5.74) is 0.798. The van der Waals surface area contributed by atoms with Gasteiger partial charge in [0.15, 0.2) is 0 Å². The molecule has 0 aliphatic heterocycles. The second-order valence-corrected chi connectivity index (χ2v) is 11.3. The number of hydrogen-bond donors (Lipinski definition) is 0. The first kappa shape index (κ1) is 17.5.